The number of benzene rings is 1. The van der Waals surface area contributed by atoms with Crippen LogP contribution >= 0.6 is 11.8 Å². The summed E-state index contributed by atoms with van der Waals surface area (Å²) in [6.45, 7) is 9.65. The zero-order valence-electron chi connectivity index (χ0n) is 15.1. The van der Waals surface area contributed by atoms with Crippen LogP contribution in [0.1, 0.15) is 20.8 Å². The number of hydrogen-bond donors (Lipinski definition) is 1. The van der Waals surface area contributed by atoms with Crippen molar-refractivity contribution in [2.75, 3.05) is 43.9 Å². The number of carbonyl (C=O) groups is 1. The van der Waals surface area contributed by atoms with Gasteiger partial charge in [0.25, 0.3) is 0 Å². The lowest BCUT2D eigenvalue weighted by atomic mass is 10.0. The van der Waals surface area contributed by atoms with Crippen molar-refractivity contribution in [1.29, 1.82) is 0 Å². The Morgan fingerprint density at radius 1 is 1.29 bits per heavy atom. The molecule has 2 N–H and O–H groups in total. The van der Waals surface area contributed by atoms with Crippen LogP contribution < -0.4 is 15.4 Å². The zero-order chi connectivity index (χ0) is 17.7. The highest BCUT2D eigenvalue weighted by atomic mass is 32.2. The molecule has 1 aromatic carbocycles. The molecule has 0 spiro atoms. The molecule has 0 unspecified atom stereocenters. The second kappa shape index (κ2) is 8.12. The van der Waals surface area contributed by atoms with Crippen molar-refractivity contribution >= 4 is 23.4 Å². The smallest absolute Gasteiger partial charge is 0.241 e. The van der Waals surface area contributed by atoms with Crippen molar-refractivity contribution in [2.24, 2.45) is 5.73 Å². The van der Waals surface area contributed by atoms with E-state index in [1.807, 2.05) is 50.1 Å². The molecule has 1 atom stereocenters. The highest BCUT2D eigenvalue weighted by molar-refractivity contribution is 8.00. The summed E-state index contributed by atoms with van der Waals surface area (Å²) in [6.07, 6.45) is 2.00. The van der Waals surface area contributed by atoms with Gasteiger partial charge in [-0.25, -0.2) is 0 Å². The van der Waals surface area contributed by atoms with Crippen LogP contribution in [0, 0.1) is 0 Å². The molecule has 1 aromatic rings. The van der Waals surface area contributed by atoms with Crippen molar-refractivity contribution in [3.8, 4) is 5.75 Å². The Balaban J connectivity index is 2.00. The summed E-state index contributed by atoms with van der Waals surface area (Å²) in [5, 5.41) is 0. The van der Waals surface area contributed by atoms with Gasteiger partial charge < -0.3 is 20.3 Å². The molecular formula is C18H29N3O2S. The van der Waals surface area contributed by atoms with Crippen molar-refractivity contribution in [3.63, 3.8) is 0 Å². The monoisotopic (exact) mass is 351 g/mol. The third-order valence-corrected chi connectivity index (χ3v) is 5.94. The van der Waals surface area contributed by atoms with Gasteiger partial charge in [0.15, 0.2) is 0 Å². The van der Waals surface area contributed by atoms with Gasteiger partial charge in [-0.05, 0) is 39.2 Å². The predicted octanol–water partition coefficient (Wildman–Crippen LogP) is 2.20. The molecule has 2 rings (SSSR count). The van der Waals surface area contributed by atoms with Gasteiger partial charge in [0, 0.05) is 30.9 Å². The van der Waals surface area contributed by atoms with Crippen LogP contribution in [-0.4, -0.2) is 60.6 Å². The molecule has 24 heavy (non-hydrogen) atoms. The number of amides is 1. The van der Waals surface area contributed by atoms with E-state index in [0.29, 0.717) is 19.7 Å². The number of thioether (sulfide) groups is 1. The molecule has 0 radical (unpaired) electrons. The van der Waals surface area contributed by atoms with E-state index in [-0.39, 0.29) is 10.7 Å². The Hall–Kier alpha value is -1.40. The minimum atomic E-state index is -0.477. The lowest BCUT2D eigenvalue weighted by molar-refractivity contribution is -0.133. The Bertz CT molecular complexity index is 557. The summed E-state index contributed by atoms with van der Waals surface area (Å²) in [7, 11) is 0. The first-order chi connectivity index (χ1) is 11.4. The van der Waals surface area contributed by atoms with Gasteiger partial charge in [-0.2, -0.15) is 11.8 Å². The first-order valence-electron chi connectivity index (χ1n) is 8.47. The average Bonchev–Trinajstić information content (AvgIpc) is 2.61. The molecule has 6 heteroatoms. The van der Waals surface area contributed by atoms with E-state index in [2.05, 4.69) is 11.0 Å². The van der Waals surface area contributed by atoms with E-state index in [0.717, 1.165) is 24.5 Å². The molecule has 1 aliphatic rings. The van der Waals surface area contributed by atoms with Gasteiger partial charge >= 0.3 is 0 Å². The molecule has 0 aromatic heterocycles. The summed E-state index contributed by atoms with van der Waals surface area (Å²) in [6, 6.07) is 7.59. The van der Waals surface area contributed by atoms with Crippen molar-refractivity contribution < 1.29 is 9.53 Å². The quantitative estimate of drug-likeness (QED) is 0.851. The Morgan fingerprint density at radius 3 is 2.50 bits per heavy atom. The molecule has 134 valence electrons. The number of ether oxygens (including phenoxy) is 1. The van der Waals surface area contributed by atoms with E-state index in [4.69, 9.17) is 10.5 Å². The SMILES string of the molecule is CCOc1ccccc1N1CCN(C(=O)[C@@H](N)C(C)(C)SC)CC1. The van der Waals surface area contributed by atoms with Crippen LogP contribution in [0.15, 0.2) is 24.3 Å². The fraction of sp³-hybridized carbons (Fsp3) is 0.611. The zero-order valence-corrected chi connectivity index (χ0v) is 15.9. The van der Waals surface area contributed by atoms with Gasteiger partial charge in [-0.3, -0.25) is 4.79 Å². The van der Waals surface area contributed by atoms with Crippen LogP contribution in [0.2, 0.25) is 0 Å². The third-order valence-electron chi connectivity index (χ3n) is 4.64. The number of rotatable bonds is 6. The Kier molecular flexibility index (Phi) is 6.40. The van der Waals surface area contributed by atoms with Crippen LogP contribution in [0.5, 0.6) is 5.75 Å². The number of piperazine rings is 1. The first-order valence-corrected chi connectivity index (χ1v) is 9.69. The third kappa shape index (κ3) is 4.16. The van der Waals surface area contributed by atoms with Crippen molar-refractivity contribution in [2.45, 2.75) is 31.6 Å². The Labute approximate surface area is 149 Å². The molecule has 0 bridgehead atoms. The van der Waals surface area contributed by atoms with Gasteiger partial charge in [-0.1, -0.05) is 12.1 Å². The van der Waals surface area contributed by atoms with Gasteiger partial charge in [-0.15, -0.1) is 0 Å². The van der Waals surface area contributed by atoms with Crippen molar-refractivity contribution in [3.05, 3.63) is 24.3 Å². The summed E-state index contributed by atoms with van der Waals surface area (Å²) in [4.78, 5) is 16.8. The minimum absolute atomic E-state index is 0.0482. The molecule has 0 saturated carbocycles. The second-order valence-electron chi connectivity index (χ2n) is 6.50. The largest absolute Gasteiger partial charge is 0.492 e. The van der Waals surface area contributed by atoms with E-state index in [9.17, 15) is 4.79 Å². The van der Waals surface area contributed by atoms with E-state index in [1.165, 1.54) is 0 Å². The van der Waals surface area contributed by atoms with Crippen LogP contribution in [0.3, 0.4) is 0 Å². The van der Waals surface area contributed by atoms with E-state index in [1.54, 1.807) is 11.8 Å². The fourth-order valence-electron chi connectivity index (χ4n) is 2.78. The molecule has 1 fully saturated rings. The molecular weight excluding hydrogens is 322 g/mol. The van der Waals surface area contributed by atoms with E-state index < -0.39 is 6.04 Å². The topological polar surface area (TPSA) is 58.8 Å². The molecule has 1 aliphatic heterocycles. The highest BCUT2D eigenvalue weighted by Gasteiger charge is 2.35. The van der Waals surface area contributed by atoms with E-state index >= 15 is 0 Å². The number of hydrogen-bond acceptors (Lipinski definition) is 5. The second-order valence-corrected chi connectivity index (χ2v) is 7.96. The Morgan fingerprint density at radius 2 is 1.92 bits per heavy atom. The normalized spacial score (nSPS) is 16.9. The van der Waals surface area contributed by atoms with Crippen LogP contribution in [-0.2, 0) is 4.79 Å². The summed E-state index contributed by atoms with van der Waals surface area (Å²) >= 11 is 1.63. The molecule has 1 amide bonds. The summed E-state index contributed by atoms with van der Waals surface area (Å²) in [5.41, 5.74) is 7.30. The number of nitrogens with two attached hydrogens (primary N) is 1. The number of carbonyl (C=O) groups excluding carboxylic acids is 1. The maximum atomic E-state index is 12.7. The maximum Gasteiger partial charge on any atom is 0.241 e. The van der Waals surface area contributed by atoms with Gasteiger partial charge in [0.2, 0.25) is 5.91 Å². The summed E-state index contributed by atoms with van der Waals surface area (Å²) in [5.74, 6) is 0.951. The highest BCUT2D eigenvalue weighted by Crippen LogP contribution is 2.29. The molecule has 5 nitrogen and oxygen atoms in total. The fourth-order valence-corrected chi connectivity index (χ4v) is 3.14. The maximum absolute atomic E-state index is 12.7. The molecule has 0 aliphatic carbocycles. The number of nitrogens with zero attached hydrogens (tertiary/aromatic N) is 2. The molecule has 1 saturated heterocycles. The minimum Gasteiger partial charge on any atom is -0.492 e. The molecule has 1 heterocycles. The predicted molar refractivity (Wildman–Crippen MR) is 102 cm³/mol. The van der Waals surface area contributed by atoms with Crippen LogP contribution in [0.25, 0.3) is 0 Å². The van der Waals surface area contributed by atoms with Gasteiger partial charge in [0.1, 0.15) is 5.75 Å². The van der Waals surface area contributed by atoms with Gasteiger partial charge in [0.05, 0.1) is 18.3 Å². The van der Waals surface area contributed by atoms with Crippen LogP contribution in [0.4, 0.5) is 5.69 Å². The number of anilines is 1. The lowest BCUT2D eigenvalue weighted by Gasteiger charge is -2.39. The average molecular weight is 352 g/mol. The summed E-state index contributed by atoms with van der Waals surface area (Å²) < 4.78 is 5.46. The lowest BCUT2D eigenvalue weighted by Crippen LogP contribution is -2.57. The van der Waals surface area contributed by atoms with Crippen molar-refractivity contribution in [1.82, 2.24) is 4.90 Å². The number of para-hydroxylation sites is 2. The standard InChI is InChI=1S/C18H29N3O2S/c1-5-23-15-9-7-6-8-14(15)20-10-12-21(13-11-20)17(22)16(19)18(2,3)24-4/h6-9,16H,5,10-13,19H2,1-4H3/t16-/m1/s1. The first kappa shape index (κ1) is 18.9.